The molecule has 0 amide bonds. The molecule has 0 aliphatic rings. The number of aryl methyl sites for hydroxylation is 1. The number of rotatable bonds is 7. The quantitative estimate of drug-likeness (QED) is 0.617. The van der Waals surface area contributed by atoms with Gasteiger partial charge in [0.1, 0.15) is 0 Å². The molecule has 0 atom stereocenters. The lowest BCUT2D eigenvalue weighted by atomic mass is 10.1. The lowest BCUT2D eigenvalue weighted by Gasteiger charge is -2.11. The molecule has 3 aromatic rings. The zero-order chi connectivity index (χ0) is 20.1. The van der Waals surface area contributed by atoms with Gasteiger partial charge >= 0.3 is 5.97 Å². The minimum absolute atomic E-state index is 0.147. The van der Waals surface area contributed by atoms with Crippen LogP contribution in [0.3, 0.4) is 0 Å². The van der Waals surface area contributed by atoms with Crippen molar-refractivity contribution < 1.29 is 17.9 Å². The zero-order valence-electron chi connectivity index (χ0n) is 15.6. The van der Waals surface area contributed by atoms with Gasteiger partial charge in [-0.2, -0.15) is 5.10 Å². The van der Waals surface area contributed by atoms with Gasteiger partial charge in [0.25, 0.3) is 0 Å². The van der Waals surface area contributed by atoms with Crippen LogP contribution in [0.15, 0.2) is 65.8 Å². The van der Waals surface area contributed by atoms with Gasteiger partial charge in [-0.15, -0.1) is 0 Å². The number of hydrogen-bond donors (Lipinski definition) is 1. The summed E-state index contributed by atoms with van der Waals surface area (Å²) in [6.07, 6.45) is 4.12. The first kappa shape index (κ1) is 19.8. The number of methoxy groups -OCH3 is 1. The van der Waals surface area contributed by atoms with Crippen molar-refractivity contribution in [2.75, 3.05) is 13.7 Å². The van der Waals surface area contributed by atoms with E-state index in [0.29, 0.717) is 17.5 Å². The van der Waals surface area contributed by atoms with Crippen LogP contribution in [0.5, 0.6) is 0 Å². The number of aromatic nitrogens is 2. The molecule has 0 fully saturated rings. The highest BCUT2D eigenvalue weighted by atomic mass is 32.2. The third-order valence-electron chi connectivity index (χ3n) is 4.30. The Kier molecular flexibility index (Phi) is 5.91. The zero-order valence-corrected chi connectivity index (χ0v) is 16.4. The molecule has 1 heterocycles. The molecular formula is C20H21N3O4S. The molecule has 8 heteroatoms. The molecule has 0 saturated carbocycles. The van der Waals surface area contributed by atoms with Gasteiger partial charge in [0, 0.05) is 18.9 Å². The SMILES string of the molecule is COC(=O)c1ccc(S(=O)(=O)NCCc2ccc(-n3cccn3)cc2)c(C)c1. The van der Waals surface area contributed by atoms with E-state index in [0.717, 1.165) is 11.3 Å². The van der Waals surface area contributed by atoms with Crippen molar-refractivity contribution in [1.82, 2.24) is 14.5 Å². The second kappa shape index (κ2) is 8.37. The molecule has 0 aliphatic heterocycles. The molecule has 3 rings (SSSR count). The van der Waals surface area contributed by atoms with Crippen molar-refractivity contribution in [3.8, 4) is 5.69 Å². The van der Waals surface area contributed by atoms with Crippen molar-refractivity contribution in [1.29, 1.82) is 0 Å². The van der Waals surface area contributed by atoms with Gasteiger partial charge < -0.3 is 4.74 Å². The van der Waals surface area contributed by atoms with E-state index in [2.05, 4.69) is 14.6 Å². The predicted octanol–water partition coefficient (Wildman–Crippen LogP) is 2.49. The first-order valence-corrected chi connectivity index (χ1v) is 10.2. The van der Waals surface area contributed by atoms with E-state index in [1.165, 1.54) is 25.3 Å². The molecule has 0 radical (unpaired) electrons. The van der Waals surface area contributed by atoms with Crippen LogP contribution in [0.1, 0.15) is 21.5 Å². The molecule has 0 aliphatic carbocycles. The lowest BCUT2D eigenvalue weighted by Crippen LogP contribution is -2.26. The fraction of sp³-hybridized carbons (Fsp3) is 0.200. The molecule has 28 heavy (non-hydrogen) atoms. The summed E-state index contributed by atoms with van der Waals surface area (Å²) in [4.78, 5) is 11.7. The van der Waals surface area contributed by atoms with Crippen LogP contribution < -0.4 is 4.72 Å². The van der Waals surface area contributed by atoms with Gasteiger partial charge in [-0.3, -0.25) is 0 Å². The number of carbonyl (C=O) groups excluding carboxylic acids is 1. The fourth-order valence-electron chi connectivity index (χ4n) is 2.84. The minimum Gasteiger partial charge on any atom is -0.465 e. The summed E-state index contributed by atoms with van der Waals surface area (Å²) in [5, 5.41) is 4.17. The van der Waals surface area contributed by atoms with Gasteiger partial charge in [0.2, 0.25) is 10.0 Å². The van der Waals surface area contributed by atoms with Crippen molar-refractivity contribution in [2.45, 2.75) is 18.2 Å². The van der Waals surface area contributed by atoms with E-state index < -0.39 is 16.0 Å². The van der Waals surface area contributed by atoms with E-state index >= 15 is 0 Å². The number of nitrogens with zero attached hydrogens (tertiary/aromatic N) is 2. The summed E-state index contributed by atoms with van der Waals surface area (Å²) in [7, 11) is -2.39. The average Bonchev–Trinajstić information content (AvgIpc) is 3.22. The number of ether oxygens (including phenoxy) is 1. The molecule has 0 bridgehead atoms. The Bertz CT molecular complexity index is 1060. The normalized spacial score (nSPS) is 11.4. The Labute approximate surface area is 164 Å². The molecule has 0 saturated heterocycles. The van der Waals surface area contributed by atoms with E-state index in [1.54, 1.807) is 17.8 Å². The third kappa shape index (κ3) is 4.47. The van der Waals surface area contributed by atoms with Crippen molar-refractivity contribution >= 4 is 16.0 Å². The van der Waals surface area contributed by atoms with Crippen LogP contribution in [-0.2, 0) is 21.2 Å². The summed E-state index contributed by atoms with van der Waals surface area (Å²) in [6.45, 7) is 1.91. The Morgan fingerprint density at radius 2 is 1.93 bits per heavy atom. The Morgan fingerprint density at radius 1 is 1.18 bits per heavy atom. The first-order valence-electron chi connectivity index (χ1n) is 8.68. The van der Waals surface area contributed by atoms with Crippen LogP contribution in [0.2, 0.25) is 0 Å². The standard InChI is InChI=1S/C20H21N3O4S/c1-15-14-17(20(24)27-2)6-9-19(15)28(25,26)22-12-10-16-4-7-18(8-5-16)23-13-3-11-21-23/h3-9,11,13-14,22H,10,12H2,1-2H3. The van der Waals surface area contributed by atoms with E-state index in [-0.39, 0.29) is 11.4 Å². The van der Waals surface area contributed by atoms with E-state index in [4.69, 9.17) is 0 Å². The highest BCUT2D eigenvalue weighted by Crippen LogP contribution is 2.17. The lowest BCUT2D eigenvalue weighted by molar-refractivity contribution is 0.0600. The van der Waals surface area contributed by atoms with Crippen LogP contribution >= 0.6 is 0 Å². The number of nitrogens with one attached hydrogen (secondary N) is 1. The molecule has 1 aromatic heterocycles. The molecule has 7 nitrogen and oxygen atoms in total. The van der Waals surface area contributed by atoms with Gasteiger partial charge in [0.15, 0.2) is 0 Å². The average molecular weight is 399 g/mol. The number of benzene rings is 2. The number of esters is 1. The van der Waals surface area contributed by atoms with Crippen LogP contribution in [0.25, 0.3) is 5.69 Å². The first-order chi connectivity index (χ1) is 13.4. The van der Waals surface area contributed by atoms with Crippen molar-refractivity contribution in [3.05, 3.63) is 77.6 Å². The maximum absolute atomic E-state index is 12.6. The summed E-state index contributed by atoms with van der Waals surface area (Å²) in [5.74, 6) is -0.501. The smallest absolute Gasteiger partial charge is 0.337 e. The van der Waals surface area contributed by atoms with Gasteiger partial charge in [-0.25, -0.2) is 22.6 Å². The Balaban J connectivity index is 1.63. The highest BCUT2D eigenvalue weighted by molar-refractivity contribution is 7.89. The minimum atomic E-state index is -3.67. The largest absolute Gasteiger partial charge is 0.465 e. The maximum atomic E-state index is 12.6. The fourth-order valence-corrected chi connectivity index (χ4v) is 4.10. The molecule has 2 aromatic carbocycles. The van der Waals surface area contributed by atoms with Gasteiger partial charge in [-0.1, -0.05) is 12.1 Å². The van der Waals surface area contributed by atoms with Crippen LogP contribution in [0.4, 0.5) is 0 Å². The second-order valence-corrected chi connectivity index (χ2v) is 7.97. The summed E-state index contributed by atoms with van der Waals surface area (Å²) in [5.41, 5.74) is 2.75. The van der Waals surface area contributed by atoms with Crippen LogP contribution in [-0.4, -0.2) is 37.8 Å². The predicted molar refractivity (Wildman–Crippen MR) is 105 cm³/mol. The third-order valence-corrected chi connectivity index (χ3v) is 5.92. The van der Waals surface area contributed by atoms with Crippen molar-refractivity contribution in [3.63, 3.8) is 0 Å². The van der Waals surface area contributed by atoms with Crippen molar-refractivity contribution in [2.24, 2.45) is 0 Å². The molecule has 0 unspecified atom stereocenters. The second-order valence-electron chi connectivity index (χ2n) is 6.24. The molecule has 0 spiro atoms. The molecule has 1 N–H and O–H groups in total. The van der Waals surface area contributed by atoms with Crippen LogP contribution in [0, 0.1) is 6.92 Å². The van der Waals surface area contributed by atoms with E-state index in [9.17, 15) is 13.2 Å². The Hall–Kier alpha value is -2.97. The number of hydrogen-bond acceptors (Lipinski definition) is 5. The summed E-state index contributed by atoms with van der Waals surface area (Å²) >= 11 is 0. The molecule has 146 valence electrons. The van der Waals surface area contributed by atoms with Gasteiger partial charge in [-0.05, 0) is 60.9 Å². The monoisotopic (exact) mass is 399 g/mol. The maximum Gasteiger partial charge on any atom is 0.337 e. The molecular weight excluding hydrogens is 378 g/mol. The Morgan fingerprint density at radius 3 is 2.54 bits per heavy atom. The van der Waals surface area contributed by atoms with Gasteiger partial charge in [0.05, 0.1) is 23.3 Å². The highest BCUT2D eigenvalue weighted by Gasteiger charge is 2.18. The number of carbonyl (C=O) groups is 1. The summed E-state index contributed by atoms with van der Waals surface area (Å²) < 4.78 is 34.1. The van der Waals surface area contributed by atoms with E-state index in [1.807, 2.05) is 36.5 Å². The number of sulfonamides is 1. The summed E-state index contributed by atoms with van der Waals surface area (Å²) in [6, 6.07) is 14.0. The topological polar surface area (TPSA) is 90.3 Å².